The predicted octanol–water partition coefficient (Wildman–Crippen LogP) is 4.69. The molecule has 2 N–H and O–H groups in total. The minimum absolute atomic E-state index is 0.432. The number of carbonyl (C=O) groups is 1. The first-order valence-electron chi connectivity index (χ1n) is 7.59. The van der Waals surface area contributed by atoms with E-state index in [-0.39, 0.29) is 0 Å². The Labute approximate surface area is 145 Å². The third-order valence-corrected chi connectivity index (χ3v) is 4.93. The SMILES string of the molecule is O=C(NO)C(Sc1ccc(-c2ccccc2)cc1)c1ccccc1. The fourth-order valence-corrected chi connectivity index (χ4v) is 3.47. The van der Waals surface area contributed by atoms with Crippen molar-refractivity contribution in [3.05, 3.63) is 90.5 Å². The Hall–Kier alpha value is -2.56. The summed E-state index contributed by atoms with van der Waals surface area (Å²) in [6.45, 7) is 0. The Morgan fingerprint density at radius 1 is 0.792 bits per heavy atom. The van der Waals surface area contributed by atoms with Crippen molar-refractivity contribution in [2.75, 3.05) is 0 Å². The smallest absolute Gasteiger partial charge is 0.261 e. The molecule has 3 aromatic carbocycles. The topological polar surface area (TPSA) is 49.3 Å². The molecule has 0 spiro atoms. The largest absolute Gasteiger partial charge is 0.289 e. The summed E-state index contributed by atoms with van der Waals surface area (Å²) in [5, 5.41) is 8.52. The first-order chi connectivity index (χ1) is 11.8. The molecule has 1 atom stereocenters. The van der Waals surface area contributed by atoms with Crippen molar-refractivity contribution in [2.24, 2.45) is 0 Å². The molecule has 0 radical (unpaired) electrons. The first-order valence-corrected chi connectivity index (χ1v) is 8.47. The van der Waals surface area contributed by atoms with Gasteiger partial charge in [0.05, 0.1) is 0 Å². The standard InChI is InChI=1S/C20H17NO2S/c22-20(21-23)19(17-9-5-2-6-10-17)24-18-13-11-16(12-14-18)15-7-3-1-4-8-15/h1-14,19,23H,(H,21,22). The molecule has 0 heterocycles. The predicted molar refractivity (Wildman–Crippen MR) is 96.8 cm³/mol. The Balaban J connectivity index is 1.82. The van der Waals surface area contributed by atoms with E-state index in [9.17, 15) is 4.79 Å². The summed E-state index contributed by atoms with van der Waals surface area (Å²) in [5.74, 6) is -0.432. The van der Waals surface area contributed by atoms with Gasteiger partial charge in [0, 0.05) is 4.90 Å². The van der Waals surface area contributed by atoms with E-state index in [1.165, 1.54) is 11.8 Å². The van der Waals surface area contributed by atoms with Gasteiger partial charge in [-0.3, -0.25) is 10.0 Å². The number of amides is 1. The number of hydrogen-bond acceptors (Lipinski definition) is 3. The quantitative estimate of drug-likeness (QED) is 0.404. The molecule has 0 aliphatic carbocycles. The number of carbonyl (C=O) groups excluding carboxylic acids is 1. The van der Waals surface area contributed by atoms with E-state index in [4.69, 9.17) is 5.21 Å². The van der Waals surface area contributed by atoms with Crippen molar-refractivity contribution in [2.45, 2.75) is 10.1 Å². The summed E-state index contributed by atoms with van der Waals surface area (Å²) >= 11 is 1.41. The van der Waals surface area contributed by atoms with Gasteiger partial charge in [0.1, 0.15) is 5.25 Å². The van der Waals surface area contributed by atoms with Gasteiger partial charge in [0.15, 0.2) is 0 Å². The van der Waals surface area contributed by atoms with Gasteiger partial charge in [0.2, 0.25) is 0 Å². The van der Waals surface area contributed by atoms with E-state index in [1.807, 2.05) is 72.8 Å². The van der Waals surface area contributed by atoms with Crippen LogP contribution in [-0.4, -0.2) is 11.1 Å². The van der Waals surface area contributed by atoms with Crippen LogP contribution in [0.25, 0.3) is 11.1 Å². The van der Waals surface area contributed by atoms with Gasteiger partial charge >= 0.3 is 0 Å². The summed E-state index contributed by atoms with van der Waals surface area (Å²) in [4.78, 5) is 13.0. The molecule has 3 aromatic rings. The maximum Gasteiger partial charge on any atom is 0.261 e. The molecular formula is C20H17NO2S. The molecule has 1 unspecified atom stereocenters. The summed E-state index contributed by atoms with van der Waals surface area (Å²) in [5.41, 5.74) is 4.89. The van der Waals surface area contributed by atoms with E-state index in [1.54, 1.807) is 5.48 Å². The zero-order valence-corrected chi connectivity index (χ0v) is 13.7. The minimum Gasteiger partial charge on any atom is -0.289 e. The van der Waals surface area contributed by atoms with Gasteiger partial charge in [-0.15, -0.1) is 11.8 Å². The van der Waals surface area contributed by atoms with Crippen molar-refractivity contribution in [3.8, 4) is 11.1 Å². The van der Waals surface area contributed by atoms with Gasteiger partial charge in [-0.2, -0.15) is 0 Å². The first kappa shape index (κ1) is 16.3. The van der Waals surface area contributed by atoms with Crippen LogP contribution < -0.4 is 5.48 Å². The van der Waals surface area contributed by atoms with Gasteiger partial charge < -0.3 is 0 Å². The van der Waals surface area contributed by atoms with Crippen LogP contribution in [0.1, 0.15) is 10.8 Å². The number of nitrogens with one attached hydrogen (secondary N) is 1. The number of rotatable bonds is 5. The average Bonchev–Trinajstić information content (AvgIpc) is 2.67. The van der Waals surface area contributed by atoms with E-state index in [0.717, 1.165) is 21.6 Å². The summed E-state index contributed by atoms with van der Waals surface area (Å²) in [6.07, 6.45) is 0. The normalized spacial score (nSPS) is 11.7. The highest BCUT2D eigenvalue weighted by molar-refractivity contribution is 8.00. The lowest BCUT2D eigenvalue weighted by atomic mass is 10.1. The molecule has 0 aliphatic heterocycles. The van der Waals surface area contributed by atoms with Crippen molar-refractivity contribution in [1.82, 2.24) is 5.48 Å². The maximum absolute atomic E-state index is 12.0. The number of hydroxylamine groups is 1. The van der Waals surface area contributed by atoms with Crippen LogP contribution in [0, 0.1) is 0 Å². The molecular weight excluding hydrogens is 318 g/mol. The van der Waals surface area contributed by atoms with Gasteiger partial charge in [-0.1, -0.05) is 72.8 Å². The van der Waals surface area contributed by atoms with Crippen LogP contribution >= 0.6 is 11.8 Å². The van der Waals surface area contributed by atoms with Crippen LogP contribution in [0.3, 0.4) is 0 Å². The molecule has 3 rings (SSSR count). The van der Waals surface area contributed by atoms with E-state index in [2.05, 4.69) is 12.1 Å². The van der Waals surface area contributed by atoms with Crippen LogP contribution in [-0.2, 0) is 4.79 Å². The average molecular weight is 335 g/mol. The second-order valence-electron chi connectivity index (χ2n) is 5.28. The Morgan fingerprint density at radius 3 is 1.92 bits per heavy atom. The molecule has 0 bridgehead atoms. The minimum atomic E-state index is -0.501. The van der Waals surface area contributed by atoms with Crippen molar-refractivity contribution in [3.63, 3.8) is 0 Å². The molecule has 0 aliphatic rings. The molecule has 0 fully saturated rings. The molecule has 4 heteroatoms. The Bertz CT molecular complexity index is 789. The Kier molecular flexibility index (Phi) is 5.31. The lowest BCUT2D eigenvalue weighted by Gasteiger charge is -2.15. The van der Waals surface area contributed by atoms with Crippen molar-refractivity contribution in [1.29, 1.82) is 0 Å². The van der Waals surface area contributed by atoms with Crippen molar-refractivity contribution >= 4 is 17.7 Å². The lowest BCUT2D eigenvalue weighted by molar-refractivity contribution is -0.128. The summed E-state index contributed by atoms with van der Waals surface area (Å²) in [6, 6.07) is 27.6. The molecule has 0 aromatic heterocycles. The summed E-state index contributed by atoms with van der Waals surface area (Å²) < 4.78 is 0. The highest BCUT2D eigenvalue weighted by atomic mass is 32.2. The fourth-order valence-electron chi connectivity index (χ4n) is 2.45. The summed E-state index contributed by atoms with van der Waals surface area (Å²) in [7, 11) is 0. The van der Waals surface area contributed by atoms with Crippen LogP contribution in [0.5, 0.6) is 0 Å². The van der Waals surface area contributed by atoms with Gasteiger partial charge in [0.25, 0.3) is 5.91 Å². The molecule has 3 nitrogen and oxygen atoms in total. The van der Waals surface area contributed by atoms with Crippen LogP contribution in [0.2, 0.25) is 0 Å². The lowest BCUT2D eigenvalue weighted by Crippen LogP contribution is -2.24. The maximum atomic E-state index is 12.0. The van der Waals surface area contributed by atoms with E-state index >= 15 is 0 Å². The number of benzene rings is 3. The highest BCUT2D eigenvalue weighted by Gasteiger charge is 2.21. The third kappa shape index (κ3) is 3.85. The Morgan fingerprint density at radius 2 is 1.33 bits per heavy atom. The zero-order chi connectivity index (χ0) is 16.8. The second kappa shape index (κ2) is 7.81. The zero-order valence-electron chi connectivity index (χ0n) is 12.9. The third-order valence-electron chi connectivity index (χ3n) is 3.67. The molecule has 24 heavy (non-hydrogen) atoms. The fraction of sp³-hybridized carbons (Fsp3) is 0.0500. The molecule has 0 saturated carbocycles. The number of thioether (sulfide) groups is 1. The second-order valence-corrected chi connectivity index (χ2v) is 6.45. The van der Waals surface area contributed by atoms with Crippen LogP contribution in [0.15, 0.2) is 89.8 Å². The van der Waals surface area contributed by atoms with Crippen LogP contribution in [0.4, 0.5) is 0 Å². The molecule has 0 saturated heterocycles. The van der Waals surface area contributed by atoms with E-state index in [0.29, 0.717) is 0 Å². The van der Waals surface area contributed by atoms with Gasteiger partial charge in [-0.25, -0.2) is 5.48 Å². The van der Waals surface area contributed by atoms with Crippen molar-refractivity contribution < 1.29 is 10.0 Å². The van der Waals surface area contributed by atoms with Gasteiger partial charge in [-0.05, 0) is 28.8 Å². The highest BCUT2D eigenvalue weighted by Crippen LogP contribution is 2.36. The number of hydrogen-bond donors (Lipinski definition) is 2. The monoisotopic (exact) mass is 335 g/mol. The molecule has 120 valence electrons. The van der Waals surface area contributed by atoms with E-state index < -0.39 is 11.2 Å². The molecule has 1 amide bonds.